The lowest BCUT2D eigenvalue weighted by Crippen LogP contribution is -2.42. The molecule has 18 heavy (non-hydrogen) atoms. The van der Waals surface area contributed by atoms with Crippen LogP contribution >= 0.6 is 22.9 Å². The minimum atomic E-state index is -0.221. The smallest absolute Gasteiger partial charge is 0.308 e. The Hall–Kier alpha value is -0.620. The van der Waals surface area contributed by atoms with Gasteiger partial charge in [0.25, 0.3) is 0 Å². The molecule has 6 heteroatoms. The van der Waals surface area contributed by atoms with Crippen LogP contribution in [0.2, 0.25) is 4.34 Å². The van der Waals surface area contributed by atoms with E-state index < -0.39 is 0 Å². The molecule has 2 rings (SSSR count). The largest absolute Gasteiger partial charge is 0.469 e. The number of thiophene rings is 1. The number of rotatable bonds is 4. The molecular formula is C12H16ClNO3S. The van der Waals surface area contributed by atoms with E-state index >= 15 is 0 Å². The van der Waals surface area contributed by atoms with E-state index in [4.69, 9.17) is 16.3 Å². The van der Waals surface area contributed by atoms with Crippen molar-refractivity contribution in [2.24, 2.45) is 0 Å². The molecule has 0 aromatic carbocycles. The Morgan fingerprint density at radius 1 is 1.67 bits per heavy atom. The number of carbonyl (C=O) groups excluding carboxylic acids is 1. The van der Waals surface area contributed by atoms with Crippen molar-refractivity contribution in [1.29, 1.82) is 0 Å². The Labute approximate surface area is 115 Å². The van der Waals surface area contributed by atoms with E-state index in [0.29, 0.717) is 13.0 Å². The van der Waals surface area contributed by atoms with E-state index in [1.54, 1.807) is 11.3 Å². The average Bonchev–Trinajstić information content (AvgIpc) is 2.75. The zero-order valence-electron chi connectivity index (χ0n) is 10.2. The number of methoxy groups -OCH3 is 1. The third kappa shape index (κ3) is 3.95. The van der Waals surface area contributed by atoms with Gasteiger partial charge in [-0.05, 0) is 12.1 Å². The van der Waals surface area contributed by atoms with Crippen LogP contribution in [-0.4, -0.2) is 43.8 Å². The summed E-state index contributed by atoms with van der Waals surface area (Å²) in [5, 5.41) is 0. The standard InChI is InChI=1S/C12H16ClNO3S/c1-16-12(15)6-9-7-14(4-5-17-9)8-10-2-3-11(13)18-10/h2-3,9H,4-8H2,1H3. The molecule has 1 fully saturated rings. The first-order valence-corrected chi connectivity index (χ1v) is 7.02. The first-order valence-electron chi connectivity index (χ1n) is 5.82. The Morgan fingerprint density at radius 3 is 3.17 bits per heavy atom. The van der Waals surface area contributed by atoms with Crippen molar-refractivity contribution < 1.29 is 14.3 Å². The molecule has 2 heterocycles. The normalized spacial score (nSPS) is 20.9. The van der Waals surface area contributed by atoms with Gasteiger partial charge in [0.15, 0.2) is 0 Å². The molecule has 1 aliphatic rings. The second-order valence-corrected chi connectivity index (χ2v) is 6.01. The summed E-state index contributed by atoms with van der Waals surface area (Å²) in [5.41, 5.74) is 0. The molecule has 4 nitrogen and oxygen atoms in total. The van der Waals surface area contributed by atoms with Gasteiger partial charge >= 0.3 is 5.97 Å². The van der Waals surface area contributed by atoms with Gasteiger partial charge in [-0.3, -0.25) is 9.69 Å². The summed E-state index contributed by atoms with van der Waals surface area (Å²) in [6.45, 7) is 3.15. The number of carbonyl (C=O) groups is 1. The van der Waals surface area contributed by atoms with E-state index in [-0.39, 0.29) is 12.1 Å². The second kappa shape index (κ2) is 6.52. The van der Waals surface area contributed by atoms with Crippen LogP contribution in [0.25, 0.3) is 0 Å². The predicted molar refractivity (Wildman–Crippen MR) is 71.0 cm³/mol. The van der Waals surface area contributed by atoms with E-state index in [2.05, 4.69) is 9.64 Å². The monoisotopic (exact) mass is 289 g/mol. The van der Waals surface area contributed by atoms with Crippen LogP contribution in [0.3, 0.4) is 0 Å². The Balaban J connectivity index is 1.84. The van der Waals surface area contributed by atoms with Gasteiger partial charge in [-0.2, -0.15) is 0 Å². The minimum Gasteiger partial charge on any atom is -0.469 e. The Kier molecular flexibility index (Phi) is 5.00. The molecule has 0 aliphatic carbocycles. The number of morpholine rings is 1. The maximum atomic E-state index is 11.2. The van der Waals surface area contributed by atoms with Crippen LogP contribution in [0.4, 0.5) is 0 Å². The molecule has 1 aromatic rings. The molecule has 1 unspecified atom stereocenters. The lowest BCUT2D eigenvalue weighted by atomic mass is 10.2. The summed E-state index contributed by atoms with van der Waals surface area (Å²) in [4.78, 5) is 14.7. The molecule has 0 spiro atoms. The van der Waals surface area contributed by atoms with Crippen LogP contribution in [0.15, 0.2) is 12.1 Å². The predicted octanol–water partition coefficient (Wildman–Crippen LogP) is 2.17. The number of hydrogen-bond acceptors (Lipinski definition) is 5. The molecule has 1 atom stereocenters. The van der Waals surface area contributed by atoms with Crippen molar-refractivity contribution in [2.75, 3.05) is 26.8 Å². The molecule has 1 saturated heterocycles. The van der Waals surface area contributed by atoms with E-state index in [0.717, 1.165) is 24.0 Å². The summed E-state index contributed by atoms with van der Waals surface area (Å²) >= 11 is 7.50. The van der Waals surface area contributed by atoms with E-state index in [1.165, 1.54) is 12.0 Å². The zero-order valence-corrected chi connectivity index (χ0v) is 11.8. The molecular weight excluding hydrogens is 274 g/mol. The molecule has 0 amide bonds. The molecule has 1 aromatic heterocycles. The highest BCUT2D eigenvalue weighted by Crippen LogP contribution is 2.23. The minimum absolute atomic E-state index is 0.0679. The highest BCUT2D eigenvalue weighted by Gasteiger charge is 2.23. The highest BCUT2D eigenvalue weighted by molar-refractivity contribution is 7.16. The summed E-state index contributed by atoms with van der Waals surface area (Å²) in [6, 6.07) is 3.95. The quantitative estimate of drug-likeness (QED) is 0.796. The Morgan fingerprint density at radius 2 is 2.50 bits per heavy atom. The first kappa shape index (κ1) is 13.8. The number of esters is 1. The first-order chi connectivity index (χ1) is 8.67. The lowest BCUT2D eigenvalue weighted by Gasteiger charge is -2.32. The van der Waals surface area contributed by atoms with Gasteiger partial charge < -0.3 is 9.47 Å². The van der Waals surface area contributed by atoms with Gasteiger partial charge in [-0.1, -0.05) is 11.6 Å². The van der Waals surface area contributed by atoms with Crippen molar-refractivity contribution in [3.8, 4) is 0 Å². The van der Waals surface area contributed by atoms with Crippen LogP contribution in [0.1, 0.15) is 11.3 Å². The van der Waals surface area contributed by atoms with Crippen molar-refractivity contribution in [2.45, 2.75) is 19.1 Å². The summed E-state index contributed by atoms with van der Waals surface area (Å²) < 4.78 is 11.0. The SMILES string of the molecule is COC(=O)CC1CN(Cc2ccc(Cl)s2)CCO1. The van der Waals surface area contributed by atoms with Gasteiger partial charge in [0.1, 0.15) is 0 Å². The number of nitrogens with zero attached hydrogens (tertiary/aromatic N) is 1. The molecule has 100 valence electrons. The Bertz CT molecular complexity index is 410. The fourth-order valence-electron chi connectivity index (χ4n) is 1.97. The third-order valence-electron chi connectivity index (χ3n) is 2.85. The van der Waals surface area contributed by atoms with Crippen LogP contribution in [-0.2, 0) is 20.8 Å². The summed E-state index contributed by atoms with van der Waals surface area (Å²) in [6.07, 6.45) is 0.250. The van der Waals surface area contributed by atoms with Crippen LogP contribution in [0, 0.1) is 0 Å². The number of hydrogen-bond donors (Lipinski definition) is 0. The molecule has 0 saturated carbocycles. The van der Waals surface area contributed by atoms with Crippen molar-refractivity contribution in [3.05, 3.63) is 21.3 Å². The van der Waals surface area contributed by atoms with Gasteiger partial charge in [-0.15, -0.1) is 11.3 Å². The van der Waals surface area contributed by atoms with Crippen molar-refractivity contribution in [1.82, 2.24) is 4.90 Å². The van der Waals surface area contributed by atoms with Gasteiger partial charge in [-0.25, -0.2) is 0 Å². The fraction of sp³-hybridized carbons (Fsp3) is 0.583. The van der Waals surface area contributed by atoms with Gasteiger partial charge in [0, 0.05) is 24.5 Å². The average molecular weight is 290 g/mol. The zero-order chi connectivity index (χ0) is 13.0. The van der Waals surface area contributed by atoms with Crippen molar-refractivity contribution >= 4 is 28.9 Å². The van der Waals surface area contributed by atoms with E-state index in [9.17, 15) is 4.79 Å². The van der Waals surface area contributed by atoms with E-state index in [1.807, 2.05) is 12.1 Å². The van der Waals surface area contributed by atoms with Crippen molar-refractivity contribution in [3.63, 3.8) is 0 Å². The van der Waals surface area contributed by atoms with Gasteiger partial charge in [0.2, 0.25) is 0 Å². The lowest BCUT2D eigenvalue weighted by molar-refractivity contribution is -0.145. The topological polar surface area (TPSA) is 38.8 Å². The molecule has 0 radical (unpaired) electrons. The molecule has 1 aliphatic heterocycles. The van der Waals surface area contributed by atoms with Crippen LogP contribution < -0.4 is 0 Å². The third-order valence-corrected chi connectivity index (χ3v) is 4.07. The number of ether oxygens (including phenoxy) is 2. The van der Waals surface area contributed by atoms with Gasteiger partial charge in [0.05, 0.1) is 30.6 Å². The van der Waals surface area contributed by atoms with Crippen LogP contribution in [0.5, 0.6) is 0 Å². The number of halogens is 1. The second-order valence-electron chi connectivity index (χ2n) is 4.21. The highest BCUT2D eigenvalue weighted by atomic mass is 35.5. The maximum Gasteiger partial charge on any atom is 0.308 e. The summed E-state index contributed by atoms with van der Waals surface area (Å²) in [7, 11) is 1.40. The molecule has 0 bridgehead atoms. The summed E-state index contributed by atoms with van der Waals surface area (Å²) in [5.74, 6) is -0.221. The fourth-order valence-corrected chi connectivity index (χ4v) is 3.10. The molecule has 0 N–H and O–H groups in total. The maximum absolute atomic E-state index is 11.2.